The molecule has 2 unspecified atom stereocenters. The Hall–Kier alpha value is -0.830. The van der Waals surface area contributed by atoms with Crippen LogP contribution in [0.3, 0.4) is 0 Å². The van der Waals surface area contributed by atoms with E-state index in [9.17, 15) is 0 Å². The quantitative estimate of drug-likeness (QED) is 0.850. The molecule has 2 rings (SSSR count). The van der Waals surface area contributed by atoms with E-state index >= 15 is 0 Å². The topological polar surface area (TPSA) is 29.9 Å². The van der Waals surface area contributed by atoms with Crippen molar-refractivity contribution in [3.63, 3.8) is 0 Å². The van der Waals surface area contributed by atoms with E-state index in [1.54, 1.807) is 0 Å². The van der Waals surface area contributed by atoms with Gasteiger partial charge >= 0.3 is 0 Å². The molecule has 1 fully saturated rings. The number of rotatable bonds is 5. The Morgan fingerprint density at radius 2 is 2.41 bits per heavy atom. The van der Waals surface area contributed by atoms with E-state index < -0.39 is 0 Å². The largest absolute Gasteiger partial charge is 0.314 e. The smallest absolute Gasteiger partial charge is 0.0492 e. The molecule has 1 aromatic rings. The minimum Gasteiger partial charge on any atom is -0.314 e. The van der Waals surface area contributed by atoms with E-state index in [4.69, 9.17) is 0 Å². The van der Waals surface area contributed by atoms with Gasteiger partial charge in [-0.05, 0) is 50.6 Å². The first-order chi connectivity index (χ1) is 8.25. The molecule has 1 aliphatic rings. The summed E-state index contributed by atoms with van der Waals surface area (Å²) in [6, 6.07) is 2.90. The van der Waals surface area contributed by atoms with Gasteiger partial charge in [-0.2, -0.15) is 5.10 Å². The van der Waals surface area contributed by atoms with Crippen LogP contribution in [0.5, 0.6) is 0 Å². The Balaban J connectivity index is 1.70. The predicted octanol–water partition coefficient (Wildman–Crippen LogP) is 2.52. The molecular formula is C14H25N3. The van der Waals surface area contributed by atoms with Crippen LogP contribution in [-0.4, -0.2) is 22.4 Å². The first kappa shape index (κ1) is 12.6. The van der Waals surface area contributed by atoms with Crippen molar-refractivity contribution in [3.8, 4) is 0 Å². The summed E-state index contributed by atoms with van der Waals surface area (Å²) in [6.45, 7) is 3.60. The lowest BCUT2D eigenvalue weighted by Gasteiger charge is -2.26. The zero-order chi connectivity index (χ0) is 12.1. The highest BCUT2D eigenvalue weighted by Gasteiger charge is 2.15. The molecule has 0 spiro atoms. The molecule has 0 amide bonds. The fourth-order valence-electron chi connectivity index (χ4n) is 2.77. The van der Waals surface area contributed by atoms with Gasteiger partial charge in [0.15, 0.2) is 0 Å². The van der Waals surface area contributed by atoms with Gasteiger partial charge in [-0.15, -0.1) is 0 Å². The summed E-state index contributed by atoms with van der Waals surface area (Å²) >= 11 is 0. The number of piperidine rings is 1. The Labute approximate surface area is 105 Å². The van der Waals surface area contributed by atoms with Crippen LogP contribution in [-0.2, 0) is 13.5 Å². The second-order valence-corrected chi connectivity index (χ2v) is 5.47. The van der Waals surface area contributed by atoms with Crippen molar-refractivity contribution in [2.75, 3.05) is 6.54 Å². The third-order valence-corrected chi connectivity index (χ3v) is 3.91. The summed E-state index contributed by atoms with van der Waals surface area (Å²) in [4.78, 5) is 0. The van der Waals surface area contributed by atoms with Gasteiger partial charge in [0.2, 0.25) is 0 Å². The van der Waals surface area contributed by atoms with Crippen molar-refractivity contribution < 1.29 is 0 Å². The highest BCUT2D eigenvalue weighted by molar-refractivity contribution is 4.99. The van der Waals surface area contributed by atoms with Crippen LogP contribution < -0.4 is 5.32 Å². The van der Waals surface area contributed by atoms with Crippen molar-refractivity contribution in [2.24, 2.45) is 13.0 Å². The van der Waals surface area contributed by atoms with Crippen LogP contribution in [0.25, 0.3) is 0 Å². The summed E-state index contributed by atoms with van der Waals surface area (Å²) < 4.78 is 1.99. The Morgan fingerprint density at radius 1 is 1.53 bits per heavy atom. The van der Waals surface area contributed by atoms with Gasteiger partial charge < -0.3 is 5.32 Å². The third-order valence-electron chi connectivity index (χ3n) is 3.91. The summed E-state index contributed by atoms with van der Waals surface area (Å²) in [5.41, 5.74) is 1.36. The summed E-state index contributed by atoms with van der Waals surface area (Å²) in [5, 5.41) is 7.85. The number of aryl methyl sites for hydroxylation is 2. The first-order valence-corrected chi connectivity index (χ1v) is 6.96. The molecule has 0 aliphatic carbocycles. The number of hydrogen-bond donors (Lipinski definition) is 1. The summed E-state index contributed by atoms with van der Waals surface area (Å²) in [6.07, 6.45) is 9.80. The van der Waals surface area contributed by atoms with Gasteiger partial charge in [0.1, 0.15) is 0 Å². The molecule has 1 aliphatic heterocycles. The average Bonchev–Trinajstić information content (AvgIpc) is 2.74. The van der Waals surface area contributed by atoms with Crippen LogP contribution in [0.1, 0.15) is 44.7 Å². The predicted molar refractivity (Wildman–Crippen MR) is 71.0 cm³/mol. The lowest BCUT2D eigenvalue weighted by molar-refractivity contribution is 0.328. The maximum Gasteiger partial charge on any atom is 0.0492 e. The Morgan fingerprint density at radius 3 is 3.06 bits per heavy atom. The fraction of sp³-hybridized carbons (Fsp3) is 0.786. The van der Waals surface area contributed by atoms with Crippen molar-refractivity contribution in [2.45, 2.75) is 51.5 Å². The van der Waals surface area contributed by atoms with Gasteiger partial charge in [-0.1, -0.05) is 13.3 Å². The van der Waals surface area contributed by atoms with Crippen molar-refractivity contribution >= 4 is 0 Å². The van der Waals surface area contributed by atoms with Gasteiger partial charge in [-0.3, -0.25) is 4.68 Å². The monoisotopic (exact) mass is 235 g/mol. The molecule has 1 N–H and O–H groups in total. The second-order valence-electron chi connectivity index (χ2n) is 5.47. The number of nitrogens with one attached hydrogen (secondary N) is 1. The van der Waals surface area contributed by atoms with Crippen molar-refractivity contribution in [3.05, 3.63) is 18.0 Å². The molecule has 2 heterocycles. The normalized spacial score (nSPS) is 22.6. The molecule has 3 heteroatoms. The minimum absolute atomic E-state index is 0.769. The molecule has 2 atom stereocenters. The zero-order valence-corrected chi connectivity index (χ0v) is 11.2. The number of hydrogen-bond acceptors (Lipinski definition) is 2. The highest BCUT2D eigenvalue weighted by Crippen LogP contribution is 2.19. The second kappa shape index (κ2) is 6.20. The van der Waals surface area contributed by atoms with E-state index in [1.165, 1.54) is 44.3 Å². The van der Waals surface area contributed by atoms with Gasteiger partial charge in [0.25, 0.3) is 0 Å². The van der Waals surface area contributed by atoms with E-state index in [-0.39, 0.29) is 0 Å². The molecule has 17 heavy (non-hydrogen) atoms. The first-order valence-electron chi connectivity index (χ1n) is 6.96. The van der Waals surface area contributed by atoms with Gasteiger partial charge in [0.05, 0.1) is 0 Å². The standard InChI is InChI=1S/C14H25N3/c1-12(11-13-5-3-4-9-15-13)6-7-14-8-10-16-17(14)2/h8,10,12-13,15H,3-7,9,11H2,1-2H3. The number of nitrogens with zero attached hydrogens (tertiary/aromatic N) is 2. The summed E-state index contributed by atoms with van der Waals surface area (Å²) in [7, 11) is 2.03. The number of aromatic nitrogens is 2. The Kier molecular flexibility index (Phi) is 4.60. The highest BCUT2D eigenvalue weighted by atomic mass is 15.2. The van der Waals surface area contributed by atoms with E-state index in [1.807, 2.05) is 17.9 Å². The molecule has 0 aromatic carbocycles. The van der Waals surface area contributed by atoms with Crippen molar-refractivity contribution in [1.29, 1.82) is 0 Å². The molecule has 0 bridgehead atoms. The molecule has 0 radical (unpaired) electrons. The molecule has 1 saturated heterocycles. The Bertz CT molecular complexity index is 326. The van der Waals surface area contributed by atoms with Crippen LogP contribution in [0.4, 0.5) is 0 Å². The lowest BCUT2D eigenvalue weighted by Crippen LogP contribution is -2.35. The maximum absolute atomic E-state index is 4.21. The van der Waals surface area contributed by atoms with E-state index in [0.29, 0.717) is 0 Å². The molecule has 1 aromatic heterocycles. The molecule has 3 nitrogen and oxygen atoms in total. The van der Waals surface area contributed by atoms with E-state index in [0.717, 1.165) is 18.4 Å². The van der Waals surface area contributed by atoms with Crippen LogP contribution in [0, 0.1) is 5.92 Å². The van der Waals surface area contributed by atoms with E-state index in [2.05, 4.69) is 23.4 Å². The molecular weight excluding hydrogens is 210 g/mol. The maximum atomic E-state index is 4.21. The van der Waals surface area contributed by atoms with Crippen LogP contribution in [0.2, 0.25) is 0 Å². The molecule has 0 saturated carbocycles. The van der Waals surface area contributed by atoms with Gasteiger partial charge in [0, 0.05) is 25.0 Å². The fourth-order valence-corrected chi connectivity index (χ4v) is 2.77. The van der Waals surface area contributed by atoms with Crippen molar-refractivity contribution in [1.82, 2.24) is 15.1 Å². The average molecular weight is 235 g/mol. The minimum atomic E-state index is 0.769. The van der Waals surface area contributed by atoms with Gasteiger partial charge in [-0.25, -0.2) is 0 Å². The molecule has 96 valence electrons. The SMILES string of the molecule is CC(CCc1ccnn1C)CC1CCCCN1. The zero-order valence-electron chi connectivity index (χ0n) is 11.2. The lowest BCUT2D eigenvalue weighted by atomic mass is 9.92. The van der Waals surface area contributed by atoms with Crippen LogP contribution >= 0.6 is 0 Å². The third kappa shape index (κ3) is 3.84. The summed E-state index contributed by atoms with van der Waals surface area (Å²) in [5.74, 6) is 0.806. The van der Waals surface area contributed by atoms with Crippen LogP contribution in [0.15, 0.2) is 12.3 Å².